The number of urea groups is 1. The molecule has 3 N–H and O–H groups in total. The van der Waals surface area contributed by atoms with Gasteiger partial charge < -0.3 is 20.9 Å². The van der Waals surface area contributed by atoms with Crippen LogP contribution >= 0.6 is 0 Å². The second kappa shape index (κ2) is 10.9. The number of carbonyl (C=O) groups is 3. The zero-order valence-corrected chi connectivity index (χ0v) is 21.7. The molecule has 4 amide bonds. The summed E-state index contributed by atoms with van der Waals surface area (Å²) < 4.78 is 0. The van der Waals surface area contributed by atoms with E-state index >= 15 is 0 Å². The Balaban J connectivity index is 1.68. The van der Waals surface area contributed by atoms with Gasteiger partial charge in [0.15, 0.2) is 0 Å². The standard InChI is InChI=1S/C30H34N4O3/c1-20-14-16-22(17-15-20)31-29(37)32-25-18-24(21-10-6-5-7-11-21)23-12-8-9-13-26(23)34(28(25)36)19-27(35)33-30(2,3)4/h5-17,24-25H,18-19H2,1-4H3,(H,33,35)(H2,31,32,37). The highest BCUT2D eigenvalue weighted by molar-refractivity contribution is 6.05. The van der Waals surface area contributed by atoms with E-state index in [-0.39, 0.29) is 24.3 Å². The lowest BCUT2D eigenvalue weighted by Gasteiger charge is -2.28. The lowest BCUT2D eigenvalue weighted by atomic mass is 9.86. The predicted octanol–water partition coefficient (Wildman–Crippen LogP) is 4.97. The molecule has 0 spiro atoms. The summed E-state index contributed by atoms with van der Waals surface area (Å²) in [6.07, 6.45) is 0.360. The first-order chi connectivity index (χ1) is 17.6. The zero-order valence-electron chi connectivity index (χ0n) is 21.7. The number of hydrogen-bond acceptors (Lipinski definition) is 3. The van der Waals surface area contributed by atoms with E-state index < -0.39 is 17.6 Å². The summed E-state index contributed by atoms with van der Waals surface area (Å²) in [7, 11) is 0. The van der Waals surface area contributed by atoms with Gasteiger partial charge in [0.2, 0.25) is 11.8 Å². The van der Waals surface area contributed by atoms with Crippen molar-refractivity contribution in [3.63, 3.8) is 0 Å². The number of para-hydroxylation sites is 1. The van der Waals surface area contributed by atoms with Crippen LogP contribution in [-0.4, -0.2) is 36.0 Å². The Morgan fingerprint density at radius 3 is 2.24 bits per heavy atom. The third-order valence-corrected chi connectivity index (χ3v) is 6.27. The molecule has 192 valence electrons. The minimum atomic E-state index is -0.842. The first-order valence-corrected chi connectivity index (χ1v) is 12.5. The van der Waals surface area contributed by atoms with Crippen molar-refractivity contribution in [2.75, 3.05) is 16.8 Å². The number of anilines is 2. The lowest BCUT2D eigenvalue weighted by molar-refractivity contribution is -0.125. The van der Waals surface area contributed by atoms with Crippen molar-refractivity contribution >= 4 is 29.2 Å². The van der Waals surface area contributed by atoms with Gasteiger partial charge in [0, 0.05) is 22.8 Å². The minimum Gasteiger partial charge on any atom is -0.350 e. The van der Waals surface area contributed by atoms with Crippen LogP contribution in [0.2, 0.25) is 0 Å². The number of nitrogens with one attached hydrogen (secondary N) is 3. The molecule has 0 saturated carbocycles. The van der Waals surface area contributed by atoms with Gasteiger partial charge in [-0.3, -0.25) is 9.59 Å². The highest BCUT2D eigenvalue weighted by Gasteiger charge is 2.37. The molecule has 1 heterocycles. The Morgan fingerprint density at radius 1 is 0.919 bits per heavy atom. The average Bonchev–Trinajstić information content (AvgIpc) is 2.95. The molecule has 0 aliphatic carbocycles. The molecule has 7 heteroatoms. The molecule has 4 rings (SSSR count). The van der Waals surface area contributed by atoms with Crippen molar-refractivity contribution in [1.82, 2.24) is 10.6 Å². The van der Waals surface area contributed by atoms with Crippen LogP contribution in [0.1, 0.15) is 49.8 Å². The van der Waals surface area contributed by atoms with Crippen molar-refractivity contribution in [1.29, 1.82) is 0 Å². The fourth-order valence-electron chi connectivity index (χ4n) is 4.65. The highest BCUT2D eigenvalue weighted by atomic mass is 16.2. The Labute approximate surface area is 218 Å². The summed E-state index contributed by atoms with van der Waals surface area (Å²) in [5.74, 6) is -0.743. The van der Waals surface area contributed by atoms with Gasteiger partial charge in [0.25, 0.3) is 0 Å². The van der Waals surface area contributed by atoms with E-state index in [0.29, 0.717) is 17.8 Å². The maximum absolute atomic E-state index is 13.9. The van der Waals surface area contributed by atoms with E-state index in [0.717, 1.165) is 16.7 Å². The number of aryl methyl sites for hydroxylation is 1. The molecule has 0 fully saturated rings. The van der Waals surface area contributed by atoms with Crippen LogP contribution in [0.4, 0.5) is 16.2 Å². The summed E-state index contributed by atoms with van der Waals surface area (Å²) in [5.41, 5.74) is 3.92. The van der Waals surface area contributed by atoms with E-state index in [1.807, 2.05) is 107 Å². The number of amides is 4. The van der Waals surface area contributed by atoms with E-state index in [4.69, 9.17) is 0 Å². The predicted molar refractivity (Wildman–Crippen MR) is 147 cm³/mol. The quantitative estimate of drug-likeness (QED) is 0.464. The van der Waals surface area contributed by atoms with E-state index in [1.165, 1.54) is 4.90 Å². The maximum Gasteiger partial charge on any atom is 0.319 e. The molecule has 37 heavy (non-hydrogen) atoms. The second-order valence-electron chi connectivity index (χ2n) is 10.5. The molecular weight excluding hydrogens is 464 g/mol. The fourth-order valence-corrected chi connectivity index (χ4v) is 4.65. The largest absolute Gasteiger partial charge is 0.350 e. The van der Waals surface area contributed by atoms with Crippen LogP contribution in [0.15, 0.2) is 78.9 Å². The first-order valence-electron chi connectivity index (χ1n) is 12.5. The molecule has 3 aromatic rings. The Bertz CT molecular complexity index is 1270. The highest BCUT2D eigenvalue weighted by Crippen LogP contribution is 2.39. The van der Waals surface area contributed by atoms with Gasteiger partial charge in [-0.1, -0.05) is 66.2 Å². The van der Waals surface area contributed by atoms with Crippen molar-refractivity contribution in [2.45, 2.75) is 51.6 Å². The molecule has 0 bridgehead atoms. The normalized spacial score (nSPS) is 17.4. The topological polar surface area (TPSA) is 90.5 Å². The van der Waals surface area contributed by atoms with Gasteiger partial charge >= 0.3 is 6.03 Å². The van der Waals surface area contributed by atoms with Gasteiger partial charge in [-0.25, -0.2) is 4.79 Å². The molecule has 7 nitrogen and oxygen atoms in total. The summed E-state index contributed by atoms with van der Waals surface area (Å²) in [5, 5.41) is 8.65. The molecule has 2 unspecified atom stereocenters. The molecule has 1 aliphatic rings. The molecule has 0 aromatic heterocycles. The number of fused-ring (bicyclic) bond motifs is 1. The van der Waals surface area contributed by atoms with Crippen molar-refractivity contribution in [2.24, 2.45) is 0 Å². The fraction of sp³-hybridized carbons (Fsp3) is 0.300. The molecular formula is C30H34N4O3. The number of hydrogen-bond donors (Lipinski definition) is 3. The summed E-state index contributed by atoms with van der Waals surface area (Å²) in [4.78, 5) is 41.3. The zero-order chi connectivity index (χ0) is 26.6. The first kappa shape index (κ1) is 25.9. The van der Waals surface area contributed by atoms with Crippen LogP contribution in [0.25, 0.3) is 0 Å². The smallest absolute Gasteiger partial charge is 0.319 e. The number of rotatable bonds is 5. The van der Waals surface area contributed by atoms with Crippen LogP contribution in [0.5, 0.6) is 0 Å². The third kappa shape index (κ3) is 6.55. The average molecular weight is 499 g/mol. The monoisotopic (exact) mass is 498 g/mol. The molecule has 3 aromatic carbocycles. The van der Waals surface area contributed by atoms with Gasteiger partial charge in [-0.2, -0.15) is 0 Å². The SMILES string of the molecule is Cc1ccc(NC(=O)NC2CC(c3ccccc3)c3ccccc3N(CC(=O)NC(C)(C)C)C2=O)cc1. The molecule has 2 atom stereocenters. The lowest BCUT2D eigenvalue weighted by Crippen LogP contribution is -2.53. The van der Waals surface area contributed by atoms with Crippen molar-refractivity contribution in [3.05, 3.63) is 95.6 Å². The molecule has 0 radical (unpaired) electrons. The number of benzene rings is 3. The van der Waals surface area contributed by atoms with Crippen LogP contribution in [-0.2, 0) is 9.59 Å². The Morgan fingerprint density at radius 2 is 1.57 bits per heavy atom. The minimum absolute atomic E-state index is 0.146. The van der Waals surface area contributed by atoms with Crippen LogP contribution < -0.4 is 20.9 Å². The summed E-state index contributed by atoms with van der Waals surface area (Å²) in [6.45, 7) is 7.52. The summed E-state index contributed by atoms with van der Waals surface area (Å²) in [6, 6.07) is 23.7. The van der Waals surface area contributed by atoms with Gasteiger partial charge in [-0.15, -0.1) is 0 Å². The molecule has 0 saturated heterocycles. The van der Waals surface area contributed by atoms with Gasteiger partial charge in [0.05, 0.1) is 0 Å². The van der Waals surface area contributed by atoms with Gasteiger partial charge in [-0.05, 0) is 63.4 Å². The van der Waals surface area contributed by atoms with Crippen molar-refractivity contribution < 1.29 is 14.4 Å². The second-order valence-corrected chi connectivity index (χ2v) is 10.5. The Hall–Kier alpha value is -4.13. The third-order valence-electron chi connectivity index (χ3n) is 6.27. The number of nitrogens with zero attached hydrogens (tertiary/aromatic N) is 1. The van der Waals surface area contributed by atoms with Gasteiger partial charge in [0.1, 0.15) is 12.6 Å². The van der Waals surface area contributed by atoms with Crippen molar-refractivity contribution in [3.8, 4) is 0 Å². The van der Waals surface area contributed by atoms with E-state index in [2.05, 4.69) is 16.0 Å². The number of carbonyl (C=O) groups excluding carboxylic acids is 3. The maximum atomic E-state index is 13.9. The van der Waals surface area contributed by atoms with Crippen LogP contribution in [0.3, 0.4) is 0 Å². The van der Waals surface area contributed by atoms with Crippen LogP contribution in [0, 0.1) is 6.92 Å². The van der Waals surface area contributed by atoms with E-state index in [9.17, 15) is 14.4 Å². The Kier molecular flexibility index (Phi) is 7.62. The van der Waals surface area contributed by atoms with E-state index in [1.54, 1.807) is 0 Å². The molecule has 1 aliphatic heterocycles. The summed E-state index contributed by atoms with van der Waals surface area (Å²) >= 11 is 0.